The summed E-state index contributed by atoms with van der Waals surface area (Å²) in [5.41, 5.74) is 1.98. The molecule has 1 atom stereocenters. The van der Waals surface area contributed by atoms with Gasteiger partial charge in [-0.1, -0.05) is 22.0 Å². The molecule has 0 bridgehead atoms. The average Bonchev–Trinajstić information content (AvgIpc) is 3.11. The van der Waals surface area contributed by atoms with Crippen LogP contribution in [-0.4, -0.2) is 55.5 Å². The summed E-state index contributed by atoms with van der Waals surface area (Å²) in [6, 6.07) is 9.91. The Morgan fingerprint density at radius 1 is 1.29 bits per heavy atom. The van der Waals surface area contributed by atoms with Crippen molar-refractivity contribution in [3.63, 3.8) is 0 Å². The van der Waals surface area contributed by atoms with E-state index in [2.05, 4.69) is 54.9 Å². The molecule has 0 spiro atoms. The number of hydrogen-bond acceptors (Lipinski definition) is 4. The zero-order chi connectivity index (χ0) is 16.9. The molecule has 2 heterocycles. The van der Waals surface area contributed by atoms with E-state index in [1.807, 2.05) is 24.3 Å². The van der Waals surface area contributed by atoms with Crippen LogP contribution in [0.5, 0.6) is 0 Å². The van der Waals surface area contributed by atoms with Gasteiger partial charge in [0, 0.05) is 42.8 Å². The molecule has 3 rings (SSSR count). The van der Waals surface area contributed by atoms with Gasteiger partial charge in [0.25, 0.3) is 5.91 Å². The largest absolute Gasteiger partial charge is 0.350 e. The van der Waals surface area contributed by atoms with E-state index in [9.17, 15) is 4.79 Å². The highest BCUT2D eigenvalue weighted by atomic mass is 79.9. The molecule has 0 saturated carbocycles. The lowest BCUT2D eigenvalue weighted by atomic mass is 10.1. The fourth-order valence-corrected chi connectivity index (χ4v) is 4.08. The Kier molecular flexibility index (Phi) is 6.05. The second-order valence-corrected chi connectivity index (χ2v) is 7.83. The Labute approximate surface area is 155 Å². The standard InChI is InChI=1S/C18H22BrN3OS/c1-21-6-8-22(9-7-21)17(15-5-10-24-13-15)12-20-18(23)14-3-2-4-16(19)11-14/h2-5,10-11,13,17H,6-9,12H2,1H3,(H,20,23). The lowest BCUT2D eigenvalue weighted by Gasteiger charge is -2.38. The fraction of sp³-hybridized carbons (Fsp3) is 0.389. The highest BCUT2D eigenvalue weighted by Gasteiger charge is 2.24. The third-order valence-electron chi connectivity index (χ3n) is 4.45. The van der Waals surface area contributed by atoms with Crippen molar-refractivity contribution < 1.29 is 4.79 Å². The molecule has 24 heavy (non-hydrogen) atoms. The van der Waals surface area contributed by atoms with Gasteiger partial charge in [0.1, 0.15) is 0 Å². The molecule has 1 aliphatic heterocycles. The third-order valence-corrected chi connectivity index (χ3v) is 5.64. The Hall–Kier alpha value is -1.21. The Morgan fingerprint density at radius 3 is 2.75 bits per heavy atom. The summed E-state index contributed by atoms with van der Waals surface area (Å²) in [5.74, 6) is -0.0225. The topological polar surface area (TPSA) is 35.6 Å². The van der Waals surface area contributed by atoms with Crippen LogP contribution in [0.15, 0.2) is 45.6 Å². The zero-order valence-electron chi connectivity index (χ0n) is 13.7. The number of benzene rings is 1. The van der Waals surface area contributed by atoms with E-state index in [1.165, 1.54) is 5.56 Å². The summed E-state index contributed by atoms with van der Waals surface area (Å²) in [7, 11) is 2.16. The summed E-state index contributed by atoms with van der Waals surface area (Å²) < 4.78 is 0.920. The van der Waals surface area contributed by atoms with E-state index < -0.39 is 0 Å². The molecule has 4 nitrogen and oxygen atoms in total. The molecule has 1 N–H and O–H groups in total. The highest BCUT2D eigenvalue weighted by Crippen LogP contribution is 2.24. The van der Waals surface area contributed by atoms with Crippen molar-refractivity contribution in [2.75, 3.05) is 39.8 Å². The molecule has 1 amide bonds. The van der Waals surface area contributed by atoms with Crippen LogP contribution < -0.4 is 5.32 Å². The van der Waals surface area contributed by atoms with Crippen LogP contribution in [0, 0.1) is 0 Å². The van der Waals surface area contributed by atoms with Gasteiger partial charge in [0.05, 0.1) is 6.04 Å². The highest BCUT2D eigenvalue weighted by molar-refractivity contribution is 9.10. The van der Waals surface area contributed by atoms with Crippen LogP contribution in [0.25, 0.3) is 0 Å². The molecule has 1 unspecified atom stereocenters. The molecule has 128 valence electrons. The number of carbonyl (C=O) groups is 1. The summed E-state index contributed by atoms with van der Waals surface area (Å²) in [6.45, 7) is 4.83. The number of thiophene rings is 1. The van der Waals surface area contributed by atoms with Crippen LogP contribution in [0.3, 0.4) is 0 Å². The molecule has 6 heteroatoms. The number of nitrogens with zero attached hydrogens (tertiary/aromatic N) is 2. The van der Waals surface area contributed by atoms with Crippen LogP contribution >= 0.6 is 27.3 Å². The number of halogens is 1. The normalized spacial score (nSPS) is 17.6. The Morgan fingerprint density at radius 2 is 2.08 bits per heavy atom. The predicted octanol–water partition coefficient (Wildman–Crippen LogP) is 3.23. The van der Waals surface area contributed by atoms with Gasteiger partial charge in [-0.3, -0.25) is 9.69 Å². The Balaban J connectivity index is 1.67. The van der Waals surface area contributed by atoms with E-state index in [0.717, 1.165) is 30.7 Å². The number of rotatable bonds is 5. The fourth-order valence-electron chi connectivity index (χ4n) is 2.98. The molecule has 2 aromatic rings. The molecular formula is C18H22BrN3OS. The van der Waals surface area contributed by atoms with Gasteiger partial charge >= 0.3 is 0 Å². The van der Waals surface area contributed by atoms with Crippen molar-refractivity contribution in [2.45, 2.75) is 6.04 Å². The molecule has 1 fully saturated rings. The number of hydrogen-bond donors (Lipinski definition) is 1. The molecule has 1 aromatic carbocycles. The lowest BCUT2D eigenvalue weighted by Crippen LogP contribution is -2.48. The van der Waals surface area contributed by atoms with E-state index >= 15 is 0 Å². The third kappa shape index (κ3) is 4.45. The first-order chi connectivity index (χ1) is 11.6. The summed E-state index contributed by atoms with van der Waals surface area (Å²) >= 11 is 5.13. The maximum atomic E-state index is 12.4. The van der Waals surface area contributed by atoms with Gasteiger partial charge < -0.3 is 10.2 Å². The van der Waals surface area contributed by atoms with Gasteiger partial charge in [0.15, 0.2) is 0 Å². The number of amides is 1. The second kappa shape index (κ2) is 8.25. The second-order valence-electron chi connectivity index (χ2n) is 6.13. The van der Waals surface area contributed by atoms with Gasteiger partial charge in [-0.2, -0.15) is 11.3 Å². The van der Waals surface area contributed by atoms with Crippen molar-refractivity contribution >= 4 is 33.2 Å². The van der Waals surface area contributed by atoms with E-state index in [-0.39, 0.29) is 11.9 Å². The summed E-state index contributed by atoms with van der Waals surface area (Å²) in [5, 5.41) is 7.41. The number of carbonyl (C=O) groups excluding carboxylic acids is 1. The van der Waals surface area contributed by atoms with Crippen molar-refractivity contribution in [1.82, 2.24) is 15.1 Å². The van der Waals surface area contributed by atoms with Gasteiger partial charge in [-0.15, -0.1) is 0 Å². The molecule has 1 saturated heterocycles. The minimum atomic E-state index is -0.0225. The molecule has 1 aliphatic rings. The SMILES string of the molecule is CN1CCN(C(CNC(=O)c2cccc(Br)c2)c2ccsc2)CC1. The number of likely N-dealkylation sites (N-methyl/N-ethyl adjacent to an activating group) is 1. The van der Waals surface area contributed by atoms with E-state index in [1.54, 1.807) is 11.3 Å². The van der Waals surface area contributed by atoms with Gasteiger partial charge in [-0.25, -0.2) is 0 Å². The molecule has 0 aliphatic carbocycles. The predicted molar refractivity (Wildman–Crippen MR) is 103 cm³/mol. The van der Waals surface area contributed by atoms with Gasteiger partial charge in [0.2, 0.25) is 0 Å². The Bertz CT molecular complexity index is 669. The van der Waals surface area contributed by atoms with Gasteiger partial charge in [-0.05, 0) is 47.6 Å². The number of piperazine rings is 1. The van der Waals surface area contributed by atoms with E-state index in [4.69, 9.17) is 0 Å². The first-order valence-electron chi connectivity index (χ1n) is 8.12. The smallest absolute Gasteiger partial charge is 0.251 e. The van der Waals surface area contributed by atoms with Crippen LogP contribution in [0.1, 0.15) is 22.0 Å². The minimum absolute atomic E-state index is 0.0225. The van der Waals surface area contributed by atoms with E-state index in [0.29, 0.717) is 12.1 Å². The number of nitrogens with one attached hydrogen (secondary N) is 1. The molecular weight excluding hydrogens is 386 g/mol. The summed E-state index contributed by atoms with van der Waals surface area (Å²) in [4.78, 5) is 17.3. The molecule has 1 aromatic heterocycles. The first kappa shape index (κ1) is 17.6. The van der Waals surface area contributed by atoms with Crippen molar-refractivity contribution in [1.29, 1.82) is 0 Å². The lowest BCUT2D eigenvalue weighted by molar-refractivity contribution is 0.0886. The van der Waals surface area contributed by atoms with Crippen LogP contribution in [0.2, 0.25) is 0 Å². The zero-order valence-corrected chi connectivity index (χ0v) is 16.1. The summed E-state index contributed by atoms with van der Waals surface area (Å²) in [6.07, 6.45) is 0. The average molecular weight is 408 g/mol. The quantitative estimate of drug-likeness (QED) is 0.825. The maximum Gasteiger partial charge on any atom is 0.251 e. The maximum absolute atomic E-state index is 12.4. The van der Waals surface area contributed by atoms with Crippen LogP contribution in [-0.2, 0) is 0 Å². The van der Waals surface area contributed by atoms with Crippen molar-refractivity contribution in [2.24, 2.45) is 0 Å². The van der Waals surface area contributed by atoms with Crippen molar-refractivity contribution in [3.8, 4) is 0 Å². The van der Waals surface area contributed by atoms with Crippen LogP contribution in [0.4, 0.5) is 0 Å². The van der Waals surface area contributed by atoms with Crippen molar-refractivity contribution in [3.05, 3.63) is 56.7 Å². The first-order valence-corrected chi connectivity index (χ1v) is 9.85. The monoisotopic (exact) mass is 407 g/mol. The molecule has 0 radical (unpaired) electrons. The minimum Gasteiger partial charge on any atom is -0.350 e.